The lowest BCUT2D eigenvalue weighted by Crippen LogP contribution is -2.17. The molecule has 0 fully saturated rings. The largest absolute Gasteiger partial charge is 0.325 e. The van der Waals surface area contributed by atoms with Gasteiger partial charge in [0.25, 0.3) is 0 Å². The molecule has 0 amide bonds. The first-order valence-corrected chi connectivity index (χ1v) is 4.50. The molecule has 4 heteroatoms. The van der Waals surface area contributed by atoms with E-state index in [1.807, 2.05) is 18.2 Å². The van der Waals surface area contributed by atoms with Crippen molar-refractivity contribution in [3.05, 3.63) is 53.0 Å². The molecule has 0 atom stereocenters. The van der Waals surface area contributed by atoms with Gasteiger partial charge in [-0.2, -0.15) is 0 Å². The topological polar surface area (TPSA) is 50.7 Å². The van der Waals surface area contributed by atoms with Gasteiger partial charge >= 0.3 is 5.69 Å². The van der Waals surface area contributed by atoms with Gasteiger partial charge in [0.2, 0.25) is 0 Å². The molecule has 0 unspecified atom stereocenters. The highest BCUT2D eigenvalue weighted by Gasteiger charge is 1.97. The van der Waals surface area contributed by atoms with Crippen molar-refractivity contribution in [3.8, 4) is 0 Å². The predicted octanol–water partition coefficient (Wildman–Crippen LogP) is 0.814. The number of hydrogen-bond acceptors (Lipinski definition) is 2. The van der Waals surface area contributed by atoms with E-state index in [1.54, 1.807) is 23.2 Å². The summed E-state index contributed by atoms with van der Waals surface area (Å²) in [6, 6.07) is 5.78. The third kappa shape index (κ3) is 1.90. The van der Waals surface area contributed by atoms with Gasteiger partial charge in [-0.1, -0.05) is 6.07 Å². The number of pyridine rings is 1. The fourth-order valence-corrected chi connectivity index (χ4v) is 1.31. The molecular formula is C10H11N3O. The van der Waals surface area contributed by atoms with Crippen LogP contribution in [0.2, 0.25) is 0 Å². The van der Waals surface area contributed by atoms with E-state index >= 15 is 0 Å². The summed E-state index contributed by atoms with van der Waals surface area (Å²) in [5.41, 5.74) is 0.932. The minimum absolute atomic E-state index is 0.0686. The maximum Gasteiger partial charge on any atom is 0.325 e. The second-order valence-electron chi connectivity index (χ2n) is 3.03. The normalized spacial score (nSPS) is 10.3. The van der Waals surface area contributed by atoms with E-state index in [4.69, 9.17) is 0 Å². The van der Waals surface area contributed by atoms with E-state index in [1.165, 1.54) is 0 Å². The SMILES string of the molecule is O=c1[nH]ccn1CCc1ccccn1. The van der Waals surface area contributed by atoms with E-state index < -0.39 is 0 Å². The summed E-state index contributed by atoms with van der Waals surface area (Å²) in [6.45, 7) is 0.666. The lowest BCUT2D eigenvalue weighted by molar-refractivity contribution is 0.662. The molecule has 0 saturated heterocycles. The summed E-state index contributed by atoms with van der Waals surface area (Å²) < 4.78 is 1.63. The summed E-state index contributed by atoms with van der Waals surface area (Å²) in [6.07, 6.45) is 5.92. The number of imidazole rings is 1. The second kappa shape index (κ2) is 3.91. The zero-order chi connectivity index (χ0) is 9.80. The van der Waals surface area contributed by atoms with Gasteiger partial charge in [0.1, 0.15) is 0 Å². The van der Waals surface area contributed by atoms with E-state index in [2.05, 4.69) is 9.97 Å². The van der Waals surface area contributed by atoms with Crippen LogP contribution in [0.3, 0.4) is 0 Å². The van der Waals surface area contributed by atoms with Crippen LogP contribution >= 0.6 is 0 Å². The van der Waals surface area contributed by atoms with Crippen LogP contribution in [0.4, 0.5) is 0 Å². The molecule has 1 N–H and O–H groups in total. The van der Waals surface area contributed by atoms with Crippen molar-refractivity contribution >= 4 is 0 Å². The Balaban J connectivity index is 2.02. The lowest BCUT2D eigenvalue weighted by Gasteiger charge is -1.99. The number of rotatable bonds is 3. The van der Waals surface area contributed by atoms with E-state index in [0.717, 1.165) is 12.1 Å². The van der Waals surface area contributed by atoms with E-state index in [-0.39, 0.29) is 5.69 Å². The molecule has 0 radical (unpaired) electrons. The van der Waals surface area contributed by atoms with Gasteiger partial charge in [-0.15, -0.1) is 0 Å². The molecule has 0 aromatic carbocycles. The molecule has 2 rings (SSSR count). The molecule has 0 aliphatic rings. The third-order valence-corrected chi connectivity index (χ3v) is 2.06. The van der Waals surface area contributed by atoms with Crippen molar-refractivity contribution in [2.24, 2.45) is 0 Å². The Labute approximate surface area is 81.2 Å². The Bertz CT molecular complexity index is 444. The number of aromatic nitrogens is 3. The van der Waals surface area contributed by atoms with Crippen molar-refractivity contribution in [2.75, 3.05) is 0 Å². The van der Waals surface area contributed by atoms with Crippen LogP contribution < -0.4 is 5.69 Å². The zero-order valence-electron chi connectivity index (χ0n) is 7.68. The standard InChI is InChI=1S/C10H11N3O/c14-10-12-6-8-13(10)7-4-9-3-1-2-5-11-9/h1-3,5-6,8H,4,7H2,(H,12,14). The molecule has 0 aliphatic heterocycles. The van der Waals surface area contributed by atoms with E-state index in [0.29, 0.717) is 6.54 Å². The van der Waals surface area contributed by atoms with Crippen LogP contribution in [0.5, 0.6) is 0 Å². The molecule has 0 spiro atoms. The second-order valence-corrected chi connectivity index (χ2v) is 3.03. The Morgan fingerprint density at radius 1 is 1.43 bits per heavy atom. The molecule has 2 aromatic rings. The van der Waals surface area contributed by atoms with Crippen LogP contribution in [-0.4, -0.2) is 14.5 Å². The van der Waals surface area contributed by atoms with Crippen LogP contribution in [0.1, 0.15) is 5.69 Å². The molecular weight excluding hydrogens is 178 g/mol. The summed E-state index contributed by atoms with van der Waals surface area (Å²) in [5.74, 6) is 0. The van der Waals surface area contributed by atoms with E-state index in [9.17, 15) is 4.79 Å². The number of aryl methyl sites for hydroxylation is 2. The number of nitrogens with zero attached hydrogens (tertiary/aromatic N) is 2. The first-order valence-electron chi connectivity index (χ1n) is 4.50. The number of H-pyrrole nitrogens is 1. The molecule has 0 bridgehead atoms. The Morgan fingerprint density at radius 3 is 3.00 bits per heavy atom. The summed E-state index contributed by atoms with van der Waals surface area (Å²) in [7, 11) is 0. The molecule has 72 valence electrons. The quantitative estimate of drug-likeness (QED) is 0.777. The van der Waals surface area contributed by atoms with Gasteiger partial charge in [0.15, 0.2) is 0 Å². The minimum Gasteiger partial charge on any atom is -0.313 e. The van der Waals surface area contributed by atoms with Crippen LogP contribution in [0.25, 0.3) is 0 Å². The van der Waals surface area contributed by atoms with Gasteiger partial charge < -0.3 is 4.98 Å². The Kier molecular flexibility index (Phi) is 2.44. The lowest BCUT2D eigenvalue weighted by atomic mass is 10.3. The number of hydrogen-bond donors (Lipinski definition) is 1. The molecule has 0 saturated carbocycles. The van der Waals surface area contributed by atoms with Gasteiger partial charge in [0.05, 0.1) is 0 Å². The van der Waals surface area contributed by atoms with Gasteiger partial charge in [-0.25, -0.2) is 4.79 Å². The average Bonchev–Trinajstić information content (AvgIpc) is 2.63. The van der Waals surface area contributed by atoms with Crippen molar-refractivity contribution in [1.29, 1.82) is 0 Å². The van der Waals surface area contributed by atoms with Gasteiger partial charge in [-0.05, 0) is 12.1 Å². The van der Waals surface area contributed by atoms with Crippen molar-refractivity contribution in [1.82, 2.24) is 14.5 Å². The number of nitrogens with one attached hydrogen (secondary N) is 1. The summed E-state index contributed by atoms with van der Waals surface area (Å²) in [4.78, 5) is 17.9. The Morgan fingerprint density at radius 2 is 2.36 bits per heavy atom. The highest BCUT2D eigenvalue weighted by molar-refractivity contribution is 5.03. The van der Waals surface area contributed by atoms with Gasteiger partial charge in [0, 0.05) is 37.3 Å². The smallest absolute Gasteiger partial charge is 0.313 e. The fourth-order valence-electron chi connectivity index (χ4n) is 1.31. The molecule has 0 aliphatic carbocycles. The predicted molar refractivity (Wildman–Crippen MR) is 53.0 cm³/mol. The van der Waals surface area contributed by atoms with Crippen LogP contribution in [-0.2, 0) is 13.0 Å². The molecule has 4 nitrogen and oxygen atoms in total. The fraction of sp³-hybridized carbons (Fsp3) is 0.200. The van der Waals surface area contributed by atoms with Crippen molar-refractivity contribution in [3.63, 3.8) is 0 Å². The van der Waals surface area contributed by atoms with Gasteiger partial charge in [-0.3, -0.25) is 9.55 Å². The average molecular weight is 189 g/mol. The first-order chi connectivity index (χ1) is 6.86. The highest BCUT2D eigenvalue weighted by atomic mass is 16.1. The third-order valence-electron chi connectivity index (χ3n) is 2.06. The zero-order valence-corrected chi connectivity index (χ0v) is 7.68. The molecule has 14 heavy (non-hydrogen) atoms. The Hall–Kier alpha value is -1.84. The first kappa shape index (κ1) is 8.74. The van der Waals surface area contributed by atoms with Crippen molar-refractivity contribution in [2.45, 2.75) is 13.0 Å². The minimum atomic E-state index is -0.0686. The molecule has 2 heterocycles. The monoisotopic (exact) mass is 189 g/mol. The highest BCUT2D eigenvalue weighted by Crippen LogP contribution is 1.95. The summed E-state index contributed by atoms with van der Waals surface area (Å²) >= 11 is 0. The van der Waals surface area contributed by atoms with Crippen molar-refractivity contribution < 1.29 is 0 Å². The maximum absolute atomic E-state index is 11.1. The van der Waals surface area contributed by atoms with Crippen LogP contribution in [0, 0.1) is 0 Å². The van der Waals surface area contributed by atoms with Crippen LogP contribution in [0.15, 0.2) is 41.6 Å². The summed E-state index contributed by atoms with van der Waals surface area (Å²) in [5, 5.41) is 0. The molecule has 2 aromatic heterocycles. The number of aromatic amines is 1. The maximum atomic E-state index is 11.1.